The highest BCUT2D eigenvalue weighted by Gasteiger charge is 2.43. The van der Waals surface area contributed by atoms with Gasteiger partial charge < -0.3 is 14.5 Å². The minimum absolute atomic E-state index is 0.154. The number of carbonyl (C=O) groups is 1. The first kappa shape index (κ1) is 15.8. The minimum Gasteiger partial charge on any atom is -0.459 e. The zero-order valence-electron chi connectivity index (χ0n) is 13.6. The summed E-state index contributed by atoms with van der Waals surface area (Å²) in [5.74, 6) is 1.05. The maximum absolute atomic E-state index is 12.0. The Morgan fingerprint density at radius 1 is 1.50 bits per heavy atom. The second-order valence-corrected chi connectivity index (χ2v) is 7.48. The zero-order valence-corrected chi connectivity index (χ0v) is 14.4. The Labute approximate surface area is 144 Å². The fourth-order valence-electron chi connectivity index (χ4n) is 3.62. The van der Waals surface area contributed by atoms with E-state index >= 15 is 0 Å². The Morgan fingerprint density at radius 2 is 2.42 bits per heavy atom. The Bertz CT molecular complexity index is 700. The van der Waals surface area contributed by atoms with Gasteiger partial charge in [0.15, 0.2) is 5.76 Å². The molecule has 0 saturated carbocycles. The minimum atomic E-state index is -0.154. The van der Waals surface area contributed by atoms with Gasteiger partial charge in [0.05, 0.1) is 30.2 Å². The second kappa shape index (κ2) is 6.66. The van der Waals surface area contributed by atoms with Crippen LogP contribution >= 0.6 is 11.3 Å². The van der Waals surface area contributed by atoms with Gasteiger partial charge in [0.25, 0.3) is 5.91 Å². The molecular formula is C17H21N3O3S. The smallest absolute Gasteiger partial charge is 0.286 e. The molecule has 1 amide bonds. The van der Waals surface area contributed by atoms with Crippen LogP contribution in [0.25, 0.3) is 0 Å². The number of furan rings is 1. The number of thiazole rings is 1. The Morgan fingerprint density at radius 3 is 3.17 bits per heavy atom. The molecule has 0 aromatic carbocycles. The van der Waals surface area contributed by atoms with Gasteiger partial charge in [-0.1, -0.05) is 0 Å². The summed E-state index contributed by atoms with van der Waals surface area (Å²) in [4.78, 5) is 20.1. The van der Waals surface area contributed by atoms with Crippen molar-refractivity contribution in [2.75, 3.05) is 26.2 Å². The van der Waals surface area contributed by atoms with Gasteiger partial charge in [0.2, 0.25) is 0 Å². The molecule has 4 rings (SSSR count). The van der Waals surface area contributed by atoms with Gasteiger partial charge in [-0.3, -0.25) is 9.69 Å². The number of hydrogen-bond acceptors (Lipinski definition) is 6. The van der Waals surface area contributed by atoms with Crippen LogP contribution in [0.4, 0.5) is 0 Å². The number of amides is 1. The van der Waals surface area contributed by atoms with Crippen LogP contribution in [0.2, 0.25) is 0 Å². The molecule has 3 atom stereocenters. The molecule has 2 aliphatic heterocycles. The third kappa shape index (κ3) is 3.11. The molecule has 2 aromatic heterocycles. The molecule has 0 unspecified atom stereocenters. The van der Waals surface area contributed by atoms with Crippen LogP contribution in [-0.2, 0) is 11.3 Å². The van der Waals surface area contributed by atoms with Crippen LogP contribution in [0, 0.1) is 18.8 Å². The third-order valence-corrected chi connectivity index (χ3v) is 5.92. The van der Waals surface area contributed by atoms with Gasteiger partial charge >= 0.3 is 0 Å². The lowest BCUT2D eigenvalue weighted by Crippen LogP contribution is -2.34. The molecule has 0 bridgehead atoms. The summed E-state index contributed by atoms with van der Waals surface area (Å²) in [5.41, 5.74) is 3.03. The molecule has 2 aromatic rings. The highest BCUT2D eigenvalue weighted by Crippen LogP contribution is 2.34. The summed E-state index contributed by atoms with van der Waals surface area (Å²) in [5, 5.41) is 2.97. The predicted octanol–water partition coefficient (Wildman–Crippen LogP) is 1.92. The molecule has 2 aliphatic rings. The van der Waals surface area contributed by atoms with Gasteiger partial charge in [-0.25, -0.2) is 4.98 Å². The van der Waals surface area contributed by atoms with Crippen molar-refractivity contribution in [1.82, 2.24) is 15.2 Å². The van der Waals surface area contributed by atoms with Crippen molar-refractivity contribution >= 4 is 17.2 Å². The summed E-state index contributed by atoms with van der Waals surface area (Å²) < 4.78 is 11.1. The van der Waals surface area contributed by atoms with E-state index in [0.717, 1.165) is 31.9 Å². The summed E-state index contributed by atoms with van der Waals surface area (Å²) >= 11 is 1.72. The Hall–Kier alpha value is -1.70. The zero-order chi connectivity index (χ0) is 16.5. The van der Waals surface area contributed by atoms with Crippen LogP contribution in [0.1, 0.15) is 21.1 Å². The molecule has 0 radical (unpaired) electrons. The Balaban J connectivity index is 1.31. The van der Waals surface area contributed by atoms with E-state index in [0.29, 0.717) is 24.1 Å². The summed E-state index contributed by atoms with van der Waals surface area (Å²) in [6.07, 6.45) is 1.80. The molecule has 7 heteroatoms. The molecule has 128 valence electrons. The van der Waals surface area contributed by atoms with Crippen molar-refractivity contribution in [2.24, 2.45) is 11.8 Å². The lowest BCUT2D eigenvalue weighted by atomic mass is 9.93. The van der Waals surface area contributed by atoms with Crippen molar-refractivity contribution in [1.29, 1.82) is 0 Å². The number of aryl methyl sites for hydroxylation is 1. The molecule has 24 heavy (non-hydrogen) atoms. The highest BCUT2D eigenvalue weighted by atomic mass is 32.1. The normalized spacial score (nSPS) is 26.6. The summed E-state index contributed by atoms with van der Waals surface area (Å²) in [7, 11) is 0. The maximum Gasteiger partial charge on any atom is 0.286 e. The fourth-order valence-corrected chi connectivity index (χ4v) is 4.44. The standard InChI is InChI=1S/C17H21N3O3S/c1-11-16(24-10-19-11)8-20-6-13-12(9-23-15(13)7-20)5-18-17(21)14-3-2-4-22-14/h2-4,10,12-13,15H,5-9H2,1H3,(H,18,21)/t12-,13+,15+/m0/s1. The number of nitrogens with one attached hydrogen (secondary N) is 1. The number of nitrogens with zero attached hydrogens (tertiary/aromatic N) is 2. The van der Waals surface area contributed by atoms with E-state index in [9.17, 15) is 4.79 Å². The largest absolute Gasteiger partial charge is 0.459 e. The molecular weight excluding hydrogens is 326 g/mol. The number of carbonyl (C=O) groups excluding carboxylic acids is 1. The van der Waals surface area contributed by atoms with Crippen molar-refractivity contribution < 1.29 is 13.9 Å². The monoisotopic (exact) mass is 347 g/mol. The number of hydrogen-bond donors (Lipinski definition) is 1. The van der Waals surface area contributed by atoms with Crippen LogP contribution in [-0.4, -0.2) is 48.1 Å². The Kier molecular flexibility index (Phi) is 4.39. The van der Waals surface area contributed by atoms with Crippen LogP contribution in [0.15, 0.2) is 28.3 Å². The topological polar surface area (TPSA) is 67.6 Å². The first-order valence-corrected chi connectivity index (χ1v) is 9.13. The van der Waals surface area contributed by atoms with E-state index in [2.05, 4.69) is 22.1 Å². The van der Waals surface area contributed by atoms with Crippen molar-refractivity contribution in [3.8, 4) is 0 Å². The number of fused-ring (bicyclic) bond motifs is 1. The predicted molar refractivity (Wildman–Crippen MR) is 89.9 cm³/mol. The SMILES string of the molecule is Cc1ncsc1CN1C[C@@H]2[C@@H](CNC(=O)c3ccco3)CO[C@@H]2C1. The molecule has 1 N–H and O–H groups in total. The van der Waals surface area contributed by atoms with Crippen molar-refractivity contribution in [2.45, 2.75) is 19.6 Å². The van der Waals surface area contributed by atoms with Gasteiger partial charge in [-0.05, 0) is 19.1 Å². The molecule has 0 spiro atoms. The lowest BCUT2D eigenvalue weighted by Gasteiger charge is -2.19. The average molecular weight is 347 g/mol. The molecule has 4 heterocycles. The molecule has 2 fully saturated rings. The van der Waals surface area contributed by atoms with Crippen LogP contribution < -0.4 is 5.32 Å². The quantitative estimate of drug-likeness (QED) is 0.895. The van der Waals surface area contributed by atoms with Gasteiger partial charge in [-0.15, -0.1) is 11.3 Å². The van der Waals surface area contributed by atoms with Crippen LogP contribution in [0.3, 0.4) is 0 Å². The first-order valence-electron chi connectivity index (χ1n) is 8.25. The maximum atomic E-state index is 12.0. The molecule has 6 nitrogen and oxygen atoms in total. The van der Waals surface area contributed by atoms with Crippen LogP contribution in [0.5, 0.6) is 0 Å². The average Bonchev–Trinajstić information content (AvgIpc) is 3.32. The summed E-state index contributed by atoms with van der Waals surface area (Å²) in [6, 6.07) is 3.40. The number of ether oxygens (including phenoxy) is 1. The first-order chi connectivity index (χ1) is 11.7. The van der Waals surface area contributed by atoms with Gasteiger partial charge in [0, 0.05) is 42.9 Å². The number of rotatable bonds is 5. The summed E-state index contributed by atoms with van der Waals surface area (Å²) in [6.45, 7) is 6.34. The van der Waals surface area contributed by atoms with E-state index in [1.807, 2.05) is 5.51 Å². The van der Waals surface area contributed by atoms with E-state index in [1.54, 1.807) is 23.5 Å². The number of aromatic nitrogens is 1. The molecule has 0 aliphatic carbocycles. The fraction of sp³-hybridized carbons (Fsp3) is 0.529. The highest BCUT2D eigenvalue weighted by molar-refractivity contribution is 7.09. The van der Waals surface area contributed by atoms with E-state index in [4.69, 9.17) is 9.15 Å². The van der Waals surface area contributed by atoms with Gasteiger partial charge in [0.1, 0.15) is 0 Å². The van der Waals surface area contributed by atoms with Crippen molar-refractivity contribution in [3.05, 3.63) is 40.2 Å². The van der Waals surface area contributed by atoms with Crippen molar-refractivity contribution in [3.63, 3.8) is 0 Å². The third-order valence-electron chi connectivity index (χ3n) is 5.00. The van der Waals surface area contributed by atoms with E-state index < -0.39 is 0 Å². The lowest BCUT2D eigenvalue weighted by molar-refractivity contribution is 0.0887. The molecule has 2 saturated heterocycles. The van der Waals surface area contributed by atoms with E-state index in [-0.39, 0.29) is 12.0 Å². The number of likely N-dealkylation sites (tertiary alicyclic amines) is 1. The second-order valence-electron chi connectivity index (χ2n) is 6.54. The van der Waals surface area contributed by atoms with E-state index in [1.165, 1.54) is 11.1 Å². The van der Waals surface area contributed by atoms with Gasteiger partial charge in [-0.2, -0.15) is 0 Å².